The van der Waals surface area contributed by atoms with E-state index in [1.54, 1.807) is 7.11 Å². The number of para-hydroxylation sites is 1. The van der Waals surface area contributed by atoms with Gasteiger partial charge in [-0.05, 0) is 31.9 Å². The minimum atomic E-state index is -0.476. The number of unbranched alkanes of at least 4 members (excludes halogenated alkanes) is 1. The van der Waals surface area contributed by atoms with Gasteiger partial charge in [-0.15, -0.1) is 0 Å². The van der Waals surface area contributed by atoms with Gasteiger partial charge in [0.1, 0.15) is 0 Å². The SMILES string of the molecule is CCCCOc1c(CN2CCC3(O)CCNCC3C2)cccc1OC. The maximum absolute atomic E-state index is 10.8. The van der Waals surface area contributed by atoms with Crippen LogP contribution in [0.3, 0.4) is 0 Å². The number of benzene rings is 1. The highest BCUT2D eigenvalue weighted by molar-refractivity contribution is 5.46. The number of hydrogen-bond donors (Lipinski definition) is 2. The van der Waals surface area contributed by atoms with Crippen molar-refractivity contribution in [2.24, 2.45) is 5.92 Å². The summed E-state index contributed by atoms with van der Waals surface area (Å²) in [5.74, 6) is 1.99. The highest BCUT2D eigenvalue weighted by atomic mass is 16.5. The largest absolute Gasteiger partial charge is 0.493 e. The van der Waals surface area contributed by atoms with Gasteiger partial charge in [0.25, 0.3) is 0 Å². The molecule has 1 aromatic rings. The third-order valence-electron chi connectivity index (χ3n) is 5.64. The van der Waals surface area contributed by atoms with E-state index in [9.17, 15) is 5.11 Å². The van der Waals surface area contributed by atoms with Crippen LogP contribution in [0.4, 0.5) is 0 Å². The maximum atomic E-state index is 10.8. The predicted octanol–water partition coefficient (Wildman–Crippen LogP) is 2.42. The molecule has 2 saturated heterocycles. The first-order chi connectivity index (χ1) is 12.2. The molecule has 2 aliphatic rings. The molecule has 2 N–H and O–H groups in total. The number of ether oxygens (including phenoxy) is 2. The summed E-state index contributed by atoms with van der Waals surface area (Å²) in [6.07, 6.45) is 3.89. The van der Waals surface area contributed by atoms with Crippen molar-refractivity contribution < 1.29 is 14.6 Å². The van der Waals surface area contributed by atoms with Crippen LogP contribution in [0.15, 0.2) is 18.2 Å². The molecule has 2 atom stereocenters. The smallest absolute Gasteiger partial charge is 0.165 e. The number of aliphatic hydroxyl groups is 1. The molecule has 0 aromatic heterocycles. The van der Waals surface area contributed by atoms with Gasteiger partial charge in [0.2, 0.25) is 0 Å². The first-order valence-electron chi connectivity index (χ1n) is 9.60. The molecule has 140 valence electrons. The van der Waals surface area contributed by atoms with Gasteiger partial charge in [-0.2, -0.15) is 0 Å². The number of piperidine rings is 2. The molecule has 2 unspecified atom stereocenters. The van der Waals surface area contributed by atoms with E-state index in [1.807, 2.05) is 12.1 Å². The summed E-state index contributed by atoms with van der Waals surface area (Å²) >= 11 is 0. The maximum Gasteiger partial charge on any atom is 0.165 e. The molecule has 1 aromatic carbocycles. The third kappa shape index (κ3) is 4.27. The summed E-state index contributed by atoms with van der Waals surface area (Å²) in [6, 6.07) is 6.12. The summed E-state index contributed by atoms with van der Waals surface area (Å²) in [5.41, 5.74) is 0.695. The lowest BCUT2D eigenvalue weighted by Crippen LogP contribution is -2.58. The fourth-order valence-electron chi connectivity index (χ4n) is 4.01. The van der Waals surface area contributed by atoms with E-state index < -0.39 is 5.60 Å². The fraction of sp³-hybridized carbons (Fsp3) is 0.700. The van der Waals surface area contributed by atoms with Gasteiger partial charge in [0.05, 0.1) is 19.3 Å². The van der Waals surface area contributed by atoms with Crippen molar-refractivity contribution in [1.82, 2.24) is 10.2 Å². The average Bonchev–Trinajstić information content (AvgIpc) is 2.63. The van der Waals surface area contributed by atoms with Crippen molar-refractivity contribution in [3.63, 3.8) is 0 Å². The minimum Gasteiger partial charge on any atom is -0.493 e. The van der Waals surface area contributed by atoms with Crippen molar-refractivity contribution in [3.8, 4) is 11.5 Å². The van der Waals surface area contributed by atoms with Gasteiger partial charge < -0.3 is 19.9 Å². The molecule has 0 spiro atoms. The third-order valence-corrected chi connectivity index (χ3v) is 5.64. The Balaban J connectivity index is 1.69. The van der Waals surface area contributed by atoms with E-state index in [4.69, 9.17) is 9.47 Å². The van der Waals surface area contributed by atoms with Crippen LogP contribution in [0.2, 0.25) is 0 Å². The molecule has 0 aliphatic carbocycles. The first kappa shape index (κ1) is 18.5. The van der Waals surface area contributed by atoms with Crippen molar-refractivity contribution in [3.05, 3.63) is 23.8 Å². The molecule has 3 rings (SSSR count). The summed E-state index contributed by atoms with van der Waals surface area (Å²) < 4.78 is 11.6. The van der Waals surface area contributed by atoms with Crippen LogP contribution in [0.1, 0.15) is 38.2 Å². The Morgan fingerprint density at radius 1 is 1.36 bits per heavy atom. The first-order valence-corrected chi connectivity index (χ1v) is 9.60. The zero-order valence-electron chi connectivity index (χ0n) is 15.6. The van der Waals surface area contributed by atoms with Crippen molar-refractivity contribution >= 4 is 0 Å². The van der Waals surface area contributed by atoms with Crippen LogP contribution in [-0.4, -0.2) is 55.5 Å². The number of nitrogens with one attached hydrogen (secondary N) is 1. The topological polar surface area (TPSA) is 54.0 Å². The number of likely N-dealkylation sites (tertiary alicyclic amines) is 1. The molecule has 0 amide bonds. The number of nitrogens with zero attached hydrogens (tertiary/aromatic N) is 1. The normalized spacial score (nSPS) is 26.9. The van der Waals surface area contributed by atoms with Gasteiger partial charge in [0, 0.05) is 37.7 Å². The fourth-order valence-corrected chi connectivity index (χ4v) is 4.01. The Labute approximate surface area is 151 Å². The molecule has 0 saturated carbocycles. The van der Waals surface area contributed by atoms with Gasteiger partial charge in [-0.1, -0.05) is 25.5 Å². The molecule has 0 bridgehead atoms. The lowest BCUT2D eigenvalue weighted by molar-refractivity contribution is -0.0900. The molecule has 2 heterocycles. The molecule has 25 heavy (non-hydrogen) atoms. The van der Waals surface area contributed by atoms with Crippen LogP contribution < -0.4 is 14.8 Å². The summed E-state index contributed by atoms with van der Waals surface area (Å²) in [5, 5.41) is 14.3. The zero-order chi connectivity index (χ0) is 17.7. The van der Waals surface area contributed by atoms with Crippen LogP contribution in [-0.2, 0) is 6.54 Å². The predicted molar refractivity (Wildman–Crippen MR) is 99.2 cm³/mol. The molecule has 2 fully saturated rings. The van der Waals surface area contributed by atoms with Crippen molar-refractivity contribution in [1.29, 1.82) is 0 Å². The molecular weight excluding hydrogens is 316 g/mol. The Morgan fingerprint density at radius 2 is 2.24 bits per heavy atom. The van der Waals surface area contributed by atoms with E-state index in [2.05, 4.69) is 23.2 Å². The summed E-state index contributed by atoms with van der Waals surface area (Å²) in [6.45, 7) is 7.41. The van der Waals surface area contributed by atoms with Crippen LogP contribution in [0.5, 0.6) is 11.5 Å². The van der Waals surface area contributed by atoms with Crippen molar-refractivity contribution in [2.45, 2.75) is 44.8 Å². The number of methoxy groups -OCH3 is 1. The molecule has 0 radical (unpaired) electrons. The lowest BCUT2D eigenvalue weighted by Gasteiger charge is -2.47. The minimum absolute atomic E-state index is 0.310. The van der Waals surface area contributed by atoms with Crippen LogP contribution >= 0.6 is 0 Å². The van der Waals surface area contributed by atoms with E-state index in [0.29, 0.717) is 5.92 Å². The van der Waals surface area contributed by atoms with Gasteiger partial charge >= 0.3 is 0 Å². The van der Waals surface area contributed by atoms with Gasteiger partial charge in [-0.3, -0.25) is 4.90 Å². The Kier molecular flexibility index (Phi) is 6.20. The average molecular weight is 348 g/mol. The second-order valence-corrected chi connectivity index (χ2v) is 7.39. The zero-order valence-corrected chi connectivity index (χ0v) is 15.6. The monoisotopic (exact) mass is 348 g/mol. The Hall–Kier alpha value is -1.30. The lowest BCUT2D eigenvalue weighted by atomic mass is 9.76. The molecule has 5 nitrogen and oxygen atoms in total. The quantitative estimate of drug-likeness (QED) is 0.741. The highest BCUT2D eigenvalue weighted by Crippen LogP contribution is 2.36. The molecule has 2 aliphatic heterocycles. The summed E-state index contributed by atoms with van der Waals surface area (Å²) in [7, 11) is 1.69. The van der Waals surface area contributed by atoms with Crippen molar-refractivity contribution in [2.75, 3.05) is 39.9 Å². The van der Waals surface area contributed by atoms with E-state index in [-0.39, 0.29) is 0 Å². The Bertz CT molecular complexity index is 566. The molecular formula is C20H32N2O3. The summed E-state index contributed by atoms with van der Waals surface area (Å²) in [4.78, 5) is 2.44. The van der Waals surface area contributed by atoms with Crippen LogP contribution in [0, 0.1) is 5.92 Å². The number of hydrogen-bond acceptors (Lipinski definition) is 5. The standard InChI is InChI=1S/C20H32N2O3/c1-3-4-12-25-19-16(6-5-7-18(19)24-2)14-22-11-9-20(23)8-10-21-13-17(20)15-22/h5-7,17,21,23H,3-4,8-15H2,1-2H3. The van der Waals surface area contributed by atoms with E-state index in [0.717, 1.165) is 76.5 Å². The molecule has 5 heteroatoms. The van der Waals surface area contributed by atoms with Gasteiger partial charge in [-0.25, -0.2) is 0 Å². The number of rotatable bonds is 7. The second-order valence-electron chi connectivity index (χ2n) is 7.39. The Morgan fingerprint density at radius 3 is 3.04 bits per heavy atom. The van der Waals surface area contributed by atoms with Crippen LogP contribution in [0.25, 0.3) is 0 Å². The van der Waals surface area contributed by atoms with E-state index in [1.165, 1.54) is 5.56 Å². The van der Waals surface area contributed by atoms with E-state index >= 15 is 0 Å². The number of fused-ring (bicyclic) bond motifs is 1. The highest BCUT2D eigenvalue weighted by Gasteiger charge is 2.42. The van der Waals surface area contributed by atoms with Gasteiger partial charge in [0.15, 0.2) is 11.5 Å². The second kappa shape index (κ2) is 8.39.